The third-order valence-corrected chi connectivity index (χ3v) is 6.76. The number of phenols is 1. The zero-order valence-corrected chi connectivity index (χ0v) is 23.5. The lowest BCUT2D eigenvalue weighted by Crippen LogP contribution is -2.47. The maximum Gasteiger partial charge on any atom is 0.410 e. The molecule has 40 heavy (non-hydrogen) atoms. The Kier molecular flexibility index (Phi) is 8.18. The molecule has 4 N–H and O–H groups in total. The number of phenolic OH excluding ortho intramolecular Hbond substituents is 1. The van der Waals surface area contributed by atoms with E-state index < -0.39 is 5.60 Å². The Hall–Kier alpha value is -4.34. The van der Waals surface area contributed by atoms with E-state index in [1.165, 1.54) is 12.1 Å². The lowest BCUT2D eigenvalue weighted by molar-refractivity contribution is 0.0199. The maximum atomic E-state index is 14.6. The molecule has 0 atom stereocenters. The molecule has 3 aromatic rings. The number of nitrogens with zero attached hydrogens (tertiary/aromatic N) is 3. The number of nitrogens with one attached hydrogen (secondary N) is 1. The van der Waals surface area contributed by atoms with Gasteiger partial charge in [0.25, 0.3) is 5.91 Å². The number of hydrogen-bond acceptors (Lipinski definition) is 7. The van der Waals surface area contributed by atoms with E-state index in [0.29, 0.717) is 48.6 Å². The van der Waals surface area contributed by atoms with Crippen LogP contribution in [0.5, 0.6) is 5.75 Å². The van der Waals surface area contributed by atoms with Crippen LogP contribution in [0, 0.1) is 12.7 Å². The molecule has 212 valence electrons. The van der Waals surface area contributed by atoms with Gasteiger partial charge in [0.15, 0.2) is 0 Å². The van der Waals surface area contributed by atoms with Crippen molar-refractivity contribution in [3.8, 4) is 17.0 Å². The number of hydrogen-bond donors (Lipinski definition) is 3. The molecule has 1 aromatic heterocycles. The highest BCUT2D eigenvalue weighted by Crippen LogP contribution is 2.35. The van der Waals surface area contributed by atoms with Crippen molar-refractivity contribution in [3.05, 3.63) is 65.5 Å². The minimum Gasteiger partial charge on any atom is -0.507 e. The first-order valence-corrected chi connectivity index (χ1v) is 13.2. The average molecular weight is 550 g/mol. The molecule has 0 spiro atoms. The number of pyridine rings is 1. The molecule has 4 rings (SSSR count). The summed E-state index contributed by atoms with van der Waals surface area (Å²) in [6, 6.07) is 12.9. The van der Waals surface area contributed by atoms with Crippen molar-refractivity contribution in [1.82, 2.24) is 15.2 Å². The molecule has 9 nitrogen and oxygen atoms in total. The molecule has 2 aromatic carbocycles. The number of anilines is 3. The normalized spacial score (nSPS) is 14.1. The van der Waals surface area contributed by atoms with E-state index in [-0.39, 0.29) is 41.0 Å². The fourth-order valence-electron chi connectivity index (χ4n) is 4.57. The highest BCUT2D eigenvalue weighted by atomic mass is 19.1. The maximum absolute atomic E-state index is 14.6. The Bertz CT molecular complexity index is 1410. The smallest absolute Gasteiger partial charge is 0.410 e. The minimum atomic E-state index is -0.564. The largest absolute Gasteiger partial charge is 0.507 e. The number of aryl methyl sites for hydroxylation is 1. The second-order valence-electron chi connectivity index (χ2n) is 11.1. The number of aromatic nitrogens is 1. The van der Waals surface area contributed by atoms with Gasteiger partial charge in [-0.3, -0.25) is 4.79 Å². The number of halogens is 1. The van der Waals surface area contributed by atoms with Crippen LogP contribution in [0.15, 0.2) is 48.5 Å². The molecule has 10 heteroatoms. The number of carbonyl (C=O) groups excluding carboxylic acids is 2. The fourth-order valence-corrected chi connectivity index (χ4v) is 4.57. The number of benzene rings is 2. The van der Waals surface area contributed by atoms with Crippen molar-refractivity contribution in [2.75, 3.05) is 30.8 Å². The summed E-state index contributed by atoms with van der Waals surface area (Å²) in [5, 5.41) is 13.5. The first-order valence-electron chi connectivity index (χ1n) is 13.2. The molecule has 1 aliphatic rings. The molecular weight excluding hydrogens is 513 g/mol. The summed E-state index contributed by atoms with van der Waals surface area (Å²) in [7, 11) is 1.73. The van der Waals surface area contributed by atoms with Crippen LogP contribution in [-0.2, 0) is 4.74 Å². The van der Waals surface area contributed by atoms with Gasteiger partial charge in [0.1, 0.15) is 23.0 Å². The van der Waals surface area contributed by atoms with E-state index in [0.717, 1.165) is 5.56 Å². The van der Waals surface area contributed by atoms with Gasteiger partial charge in [0, 0.05) is 37.4 Å². The van der Waals surface area contributed by atoms with E-state index >= 15 is 0 Å². The summed E-state index contributed by atoms with van der Waals surface area (Å²) < 4.78 is 20.0. The standard InChI is InChI=1S/C30H36FN5O4/c1-18-6-10-25(23(31)16-18)35(5)20-7-11-26(37)22(17-20)24-9-8-21(27(32)34-24)28(38)33-19-12-14-36(15-13-19)29(39)40-30(2,3)4/h6-11,16-17,19,37H,12-15H2,1-5H3,(H2,32,34)(H,33,38). The molecule has 1 aliphatic heterocycles. The van der Waals surface area contributed by atoms with Crippen LogP contribution in [0.4, 0.5) is 26.4 Å². The van der Waals surface area contributed by atoms with Gasteiger partial charge in [-0.1, -0.05) is 6.07 Å². The average Bonchev–Trinajstić information content (AvgIpc) is 2.88. The minimum absolute atomic E-state index is 0.0175. The third kappa shape index (κ3) is 6.62. The van der Waals surface area contributed by atoms with Gasteiger partial charge in [-0.05, 0) is 88.6 Å². The van der Waals surface area contributed by atoms with E-state index in [1.54, 1.807) is 47.2 Å². The molecule has 1 saturated heterocycles. The Labute approximate surface area is 233 Å². The zero-order valence-electron chi connectivity index (χ0n) is 23.5. The van der Waals surface area contributed by atoms with Gasteiger partial charge in [-0.15, -0.1) is 0 Å². The molecule has 1 fully saturated rings. The quantitative estimate of drug-likeness (QED) is 0.391. The van der Waals surface area contributed by atoms with Gasteiger partial charge in [-0.25, -0.2) is 14.2 Å². The summed E-state index contributed by atoms with van der Waals surface area (Å²) in [4.78, 5) is 33.0. The van der Waals surface area contributed by atoms with E-state index in [9.17, 15) is 19.1 Å². The van der Waals surface area contributed by atoms with E-state index in [2.05, 4.69) is 10.3 Å². The Morgan fingerprint density at radius 3 is 2.45 bits per heavy atom. The van der Waals surface area contributed by atoms with Crippen LogP contribution in [-0.4, -0.2) is 58.8 Å². The van der Waals surface area contributed by atoms with Gasteiger partial charge < -0.3 is 30.7 Å². The number of amides is 2. The zero-order chi connectivity index (χ0) is 29.2. The number of aromatic hydroxyl groups is 1. The molecule has 0 saturated carbocycles. The van der Waals surface area contributed by atoms with Crippen LogP contribution < -0.4 is 16.0 Å². The van der Waals surface area contributed by atoms with Crippen LogP contribution in [0.1, 0.15) is 49.5 Å². The molecule has 2 amide bonds. The first-order chi connectivity index (χ1) is 18.8. The number of nitrogen functional groups attached to an aromatic ring is 1. The SMILES string of the molecule is Cc1ccc(N(C)c2ccc(O)c(-c3ccc(C(=O)NC4CCN(C(=O)OC(C)(C)C)CC4)c(N)n3)c2)c(F)c1. The van der Waals surface area contributed by atoms with Gasteiger partial charge in [0.2, 0.25) is 0 Å². The van der Waals surface area contributed by atoms with Crippen molar-refractivity contribution in [3.63, 3.8) is 0 Å². The number of ether oxygens (including phenoxy) is 1. The highest BCUT2D eigenvalue weighted by Gasteiger charge is 2.28. The molecule has 0 aliphatic carbocycles. The van der Waals surface area contributed by atoms with Crippen molar-refractivity contribution in [2.24, 2.45) is 0 Å². The number of carbonyl (C=O) groups is 2. The molecule has 0 bridgehead atoms. The molecular formula is C30H36FN5O4. The summed E-state index contributed by atoms with van der Waals surface area (Å²) in [6.45, 7) is 8.24. The number of rotatable bonds is 5. The van der Waals surface area contributed by atoms with Gasteiger partial charge >= 0.3 is 6.09 Å². The highest BCUT2D eigenvalue weighted by molar-refractivity contribution is 5.99. The van der Waals surface area contributed by atoms with Crippen LogP contribution in [0.25, 0.3) is 11.3 Å². The number of piperidine rings is 1. The van der Waals surface area contributed by atoms with E-state index in [4.69, 9.17) is 10.5 Å². The predicted molar refractivity (Wildman–Crippen MR) is 153 cm³/mol. The van der Waals surface area contributed by atoms with Crippen molar-refractivity contribution < 1.29 is 23.8 Å². The van der Waals surface area contributed by atoms with E-state index in [1.807, 2.05) is 33.8 Å². The van der Waals surface area contributed by atoms with Crippen molar-refractivity contribution >= 4 is 29.2 Å². The number of likely N-dealkylation sites (tertiary alicyclic amines) is 1. The summed E-state index contributed by atoms with van der Waals surface area (Å²) in [5.41, 5.74) is 8.43. The summed E-state index contributed by atoms with van der Waals surface area (Å²) in [6.07, 6.45) is 0.821. The lowest BCUT2D eigenvalue weighted by Gasteiger charge is -2.33. The molecule has 0 unspecified atom stereocenters. The Morgan fingerprint density at radius 1 is 1.12 bits per heavy atom. The van der Waals surface area contributed by atoms with Crippen molar-refractivity contribution in [2.45, 2.75) is 52.2 Å². The second kappa shape index (κ2) is 11.4. The van der Waals surface area contributed by atoms with Crippen LogP contribution in [0.3, 0.4) is 0 Å². The molecule has 2 heterocycles. The van der Waals surface area contributed by atoms with Crippen molar-refractivity contribution in [1.29, 1.82) is 0 Å². The van der Waals surface area contributed by atoms with Gasteiger partial charge in [-0.2, -0.15) is 0 Å². The predicted octanol–water partition coefficient (Wildman–Crippen LogP) is 5.38. The lowest BCUT2D eigenvalue weighted by atomic mass is 10.0. The summed E-state index contributed by atoms with van der Waals surface area (Å²) in [5.74, 6) is -0.725. The monoisotopic (exact) mass is 549 g/mol. The fraction of sp³-hybridized carbons (Fsp3) is 0.367. The van der Waals surface area contributed by atoms with Gasteiger partial charge in [0.05, 0.1) is 16.9 Å². The second-order valence-corrected chi connectivity index (χ2v) is 11.1. The topological polar surface area (TPSA) is 121 Å². The number of nitrogens with two attached hydrogens (primary N) is 1. The first kappa shape index (κ1) is 28.7. The summed E-state index contributed by atoms with van der Waals surface area (Å²) >= 11 is 0. The Morgan fingerprint density at radius 2 is 1.82 bits per heavy atom. The van der Waals surface area contributed by atoms with Crippen LogP contribution in [0.2, 0.25) is 0 Å². The molecule has 0 radical (unpaired) electrons. The Balaban J connectivity index is 1.45. The van der Waals surface area contributed by atoms with Crippen LogP contribution >= 0.6 is 0 Å². The third-order valence-electron chi connectivity index (χ3n) is 6.76.